The van der Waals surface area contributed by atoms with Crippen LogP contribution in [0.2, 0.25) is 0 Å². The van der Waals surface area contributed by atoms with E-state index in [0.29, 0.717) is 22.8 Å². The number of benzene rings is 1. The van der Waals surface area contributed by atoms with Crippen LogP contribution in [0.15, 0.2) is 53.2 Å². The molecule has 3 aromatic rings. The molecule has 0 unspecified atom stereocenters. The first kappa shape index (κ1) is 13.7. The monoisotopic (exact) mass is 297 g/mol. The van der Waals surface area contributed by atoms with Crippen molar-refractivity contribution in [3.05, 3.63) is 48.7 Å². The Labute approximate surface area is 125 Å². The zero-order valence-electron chi connectivity index (χ0n) is 11.3. The molecule has 0 fully saturated rings. The van der Waals surface area contributed by atoms with Crippen LogP contribution in [0, 0.1) is 0 Å². The second-order valence-electron chi connectivity index (χ2n) is 4.32. The Hall–Kier alpha value is -3.22. The van der Waals surface area contributed by atoms with Gasteiger partial charge >= 0.3 is 5.97 Å². The molecular weight excluding hydrogens is 286 g/mol. The second-order valence-corrected chi connectivity index (χ2v) is 4.32. The van der Waals surface area contributed by atoms with Crippen molar-refractivity contribution in [3.63, 3.8) is 0 Å². The maximum absolute atomic E-state index is 10.6. The van der Waals surface area contributed by atoms with Crippen LogP contribution in [0.3, 0.4) is 0 Å². The minimum atomic E-state index is -1.06. The molecule has 22 heavy (non-hydrogen) atoms. The third-order valence-corrected chi connectivity index (χ3v) is 2.79. The maximum atomic E-state index is 10.6. The van der Waals surface area contributed by atoms with Crippen molar-refractivity contribution >= 4 is 5.97 Å². The molecule has 1 aromatic carbocycles. The number of hydrogen-bond donors (Lipinski definition) is 1. The minimum absolute atomic E-state index is 0.238. The van der Waals surface area contributed by atoms with Gasteiger partial charge in [0, 0.05) is 6.20 Å². The molecule has 0 spiro atoms. The van der Waals surface area contributed by atoms with Crippen LogP contribution in [-0.4, -0.2) is 32.8 Å². The summed E-state index contributed by atoms with van der Waals surface area (Å²) in [6, 6.07) is 12.2. The van der Waals surface area contributed by atoms with Crippen LogP contribution in [-0.2, 0) is 4.79 Å². The van der Waals surface area contributed by atoms with Crippen LogP contribution in [0.25, 0.3) is 23.0 Å². The highest BCUT2D eigenvalue weighted by atomic mass is 16.5. The summed E-state index contributed by atoms with van der Waals surface area (Å²) in [6.07, 6.45) is 1.63. The Bertz CT molecular complexity index is 786. The average molecular weight is 297 g/mol. The minimum Gasteiger partial charge on any atom is -0.481 e. The maximum Gasteiger partial charge on any atom is 0.341 e. The number of aliphatic carboxylic acids is 1. The molecule has 0 aliphatic heterocycles. The van der Waals surface area contributed by atoms with Crippen LogP contribution < -0.4 is 4.74 Å². The van der Waals surface area contributed by atoms with Gasteiger partial charge in [-0.3, -0.25) is 4.98 Å². The lowest BCUT2D eigenvalue weighted by molar-refractivity contribution is -0.139. The number of nitrogens with zero attached hydrogens (tertiary/aromatic N) is 3. The molecule has 110 valence electrons. The Balaban J connectivity index is 1.92. The first-order chi connectivity index (χ1) is 10.7. The van der Waals surface area contributed by atoms with E-state index >= 15 is 0 Å². The van der Waals surface area contributed by atoms with Gasteiger partial charge in [0.25, 0.3) is 5.89 Å². The van der Waals surface area contributed by atoms with E-state index in [9.17, 15) is 4.79 Å². The Morgan fingerprint density at radius 2 is 2.00 bits per heavy atom. The molecule has 3 rings (SSSR count). The molecule has 0 atom stereocenters. The quantitative estimate of drug-likeness (QED) is 0.771. The lowest BCUT2D eigenvalue weighted by atomic mass is 10.2. The molecule has 2 aromatic heterocycles. The fourth-order valence-corrected chi connectivity index (χ4v) is 1.84. The number of hydrogen-bond acceptors (Lipinski definition) is 6. The predicted molar refractivity (Wildman–Crippen MR) is 76.1 cm³/mol. The third kappa shape index (κ3) is 2.93. The molecule has 0 aliphatic rings. The van der Waals surface area contributed by atoms with Crippen molar-refractivity contribution in [1.82, 2.24) is 15.1 Å². The van der Waals surface area contributed by atoms with E-state index in [4.69, 9.17) is 14.4 Å². The number of ether oxygens (including phenoxy) is 1. The van der Waals surface area contributed by atoms with Gasteiger partial charge in [0.05, 0.1) is 5.56 Å². The van der Waals surface area contributed by atoms with Gasteiger partial charge in [-0.2, -0.15) is 4.98 Å². The summed E-state index contributed by atoms with van der Waals surface area (Å²) in [5.41, 5.74) is 1.11. The molecular formula is C15H11N3O4. The van der Waals surface area contributed by atoms with Crippen LogP contribution in [0.5, 0.6) is 5.75 Å². The molecule has 1 N–H and O–H groups in total. The second kappa shape index (κ2) is 6.04. The van der Waals surface area contributed by atoms with Crippen molar-refractivity contribution in [2.24, 2.45) is 0 Å². The zero-order chi connectivity index (χ0) is 15.4. The summed E-state index contributed by atoms with van der Waals surface area (Å²) < 4.78 is 10.4. The van der Waals surface area contributed by atoms with Crippen molar-refractivity contribution in [1.29, 1.82) is 0 Å². The van der Waals surface area contributed by atoms with E-state index < -0.39 is 12.6 Å². The van der Waals surface area contributed by atoms with Gasteiger partial charge in [0.1, 0.15) is 11.4 Å². The van der Waals surface area contributed by atoms with Gasteiger partial charge < -0.3 is 14.4 Å². The number of carbonyl (C=O) groups is 1. The number of pyridine rings is 1. The van der Waals surface area contributed by atoms with E-state index in [0.717, 1.165) is 0 Å². The number of aromatic nitrogens is 3. The van der Waals surface area contributed by atoms with Crippen molar-refractivity contribution in [3.8, 4) is 28.7 Å². The zero-order valence-corrected chi connectivity index (χ0v) is 11.3. The summed E-state index contributed by atoms with van der Waals surface area (Å²) in [7, 11) is 0. The average Bonchev–Trinajstić information content (AvgIpc) is 3.04. The first-order valence-corrected chi connectivity index (χ1v) is 6.43. The van der Waals surface area contributed by atoms with Gasteiger partial charge in [0.2, 0.25) is 5.82 Å². The first-order valence-electron chi connectivity index (χ1n) is 6.43. The SMILES string of the molecule is O=C(O)COc1ccccc1-c1nc(-c2ccccn2)no1. The summed E-state index contributed by atoms with van der Waals surface area (Å²) in [6.45, 7) is -0.446. The summed E-state index contributed by atoms with van der Waals surface area (Å²) >= 11 is 0. The Morgan fingerprint density at radius 3 is 2.77 bits per heavy atom. The van der Waals surface area contributed by atoms with E-state index in [1.54, 1.807) is 42.6 Å². The largest absolute Gasteiger partial charge is 0.481 e. The predicted octanol–water partition coefficient (Wildman–Crippen LogP) is 2.26. The van der Waals surface area contributed by atoms with Gasteiger partial charge in [-0.15, -0.1) is 0 Å². The van der Waals surface area contributed by atoms with E-state index in [1.165, 1.54) is 0 Å². The third-order valence-electron chi connectivity index (χ3n) is 2.79. The highest BCUT2D eigenvalue weighted by Gasteiger charge is 2.15. The molecule has 0 saturated carbocycles. The van der Waals surface area contributed by atoms with Gasteiger partial charge in [-0.1, -0.05) is 23.4 Å². The molecule has 0 radical (unpaired) electrons. The lowest BCUT2D eigenvalue weighted by Gasteiger charge is -2.06. The molecule has 7 heteroatoms. The lowest BCUT2D eigenvalue weighted by Crippen LogP contribution is -2.09. The fraction of sp³-hybridized carbons (Fsp3) is 0.0667. The molecule has 2 heterocycles. The summed E-state index contributed by atoms with van der Waals surface area (Å²) in [4.78, 5) is 19.0. The summed E-state index contributed by atoms with van der Waals surface area (Å²) in [5.74, 6) is -0.110. The van der Waals surface area contributed by atoms with Crippen LogP contribution in [0.1, 0.15) is 0 Å². The molecule has 0 amide bonds. The van der Waals surface area contributed by atoms with E-state index in [1.807, 2.05) is 6.07 Å². The molecule has 7 nitrogen and oxygen atoms in total. The number of carboxylic acid groups (broad SMARTS) is 1. The van der Waals surface area contributed by atoms with E-state index in [2.05, 4.69) is 15.1 Å². The molecule has 0 bridgehead atoms. The number of para-hydroxylation sites is 1. The standard InChI is InChI=1S/C15H11N3O4/c19-13(20)9-21-12-7-2-1-5-10(12)15-17-14(18-22-15)11-6-3-4-8-16-11/h1-8H,9H2,(H,19,20). The van der Waals surface area contributed by atoms with Gasteiger partial charge in [-0.05, 0) is 24.3 Å². The summed E-state index contributed by atoms with van der Waals surface area (Å²) in [5, 5.41) is 12.6. The smallest absolute Gasteiger partial charge is 0.341 e. The fourth-order valence-electron chi connectivity index (χ4n) is 1.84. The highest BCUT2D eigenvalue weighted by Crippen LogP contribution is 2.29. The normalized spacial score (nSPS) is 10.4. The van der Waals surface area contributed by atoms with Crippen LogP contribution >= 0.6 is 0 Å². The highest BCUT2D eigenvalue weighted by molar-refractivity contribution is 5.70. The Morgan fingerprint density at radius 1 is 1.18 bits per heavy atom. The number of carboxylic acids is 1. The Kier molecular flexibility index (Phi) is 3.78. The van der Waals surface area contributed by atoms with Gasteiger partial charge in [0.15, 0.2) is 6.61 Å². The van der Waals surface area contributed by atoms with Crippen LogP contribution in [0.4, 0.5) is 0 Å². The number of rotatable bonds is 5. The van der Waals surface area contributed by atoms with Crippen molar-refractivity contribution in [2.75, 3.05) is 6.61 Å². The molecule has 0 saturated heterocycles. The van der Waals surface area contributed by atoms with Crippen molar-refractivity contribution in [2.45, 2.75) is 0 Å². The molecule has 0 aliphatic carbocycles. The van der Waals surface area contributed by atoms with Crippen molar-refractivity contribution < 1.29 is 19.2 Å². The topological polar surface area (TPSA) is 98.3 Å². The van der Waals surface area contributed by atoms with E-state index in [-0.39, 0.29) is 5.89 Å². The van der Waals surface area contributed by atoms with Gasteiger partial charge in [-0.25, -0.2) is 4.79 Å².